The molecule has 5 heteroatoms. The van der Waals surface area contributed by atoms with Crippen LogP contribution >= 0.6 is 0 Å². The SMILES string of the molecule is CN1CCC[C@H]1CS(N)(=O)=O. The Hall–Kier alpha value is -0.130. The van der Waals surface area contributed by atoms with Gasteiger partial charge in [0.2, 0.25) is 10.0 Å². The molecule has 1 heterocycles. The average molecular weight is 178 g/mol. The fourth-order valence-electron chi connectivity index (χ4n) is 1.46. The lowest BCUT2D eigenvalue weighted by atomic mass is 10.2. The maximum atomic E-state index is 10.7. The minimum atomic E-state index is -3.28. The summed E-state index contributed by atoms with van der Waals surface area (Å²) in [5.74, 6) is 0.101. The summed E-state index contributed by atoms with van der Waals surface area (Å²) in [6.45, 7) is 0.986. The molecule has 1 atom stereocenters. The molecule has 0 aliphatic carbocycles. The molecular formula is C6H14N2O2S. The molecule has 0 unspecified atom stereocenters. The molecule has 1 aliphatic rings. The summed E-state index contributed by atoms with van der Waals surface area (Å²) < 4.78 is 21.4. The standard InChI is InChI=1S/C6H14N2O2S/c1-8-4-2-3-6(8)5-11(7,9)10/h6H,2-5H2,1H3,(H2,7,9,10)/t6-/m0/s1. The fraction of sp³-hybridized carbons (Fsp3) is 1.00. The van der Waals surface area contributed by atoms with Gasteiger partial charge in [0.15, 0.2) is 0 Å². The fourth-order valence-corrected chi connectivity index (χ4v) is 2.42. The Bertz CT molecular complexity index is 225. The summed E-state index contributed by atoms with van der Waals surface area (Å²) >= 11 is 0. The van der Waals surface area contributed by atoms with Crippen LogP contribution in [0.3, 0.4) is 0 Å². The largest absolute Gasteiger partial charge is 0.302 e. The molecule has 1 rings (SSSR count). The Morgan fingerprint density at radius 2 is 2.27 bits per heavy atom. The van der Waals surface area contributed by atoms with E-state index in [9.17, 15) is 8.42 Å². The zero-order valence-electron chi connectivity index (χ0n) is 6.66. The first-order valence-corrected chi connectivity index (χ1v) is 5.41. The number of hydrogen-bond donors (Lipinski definition) is 1. The molecule has 0 aromatic carbocycles. The third kappa shape index (κ3) is 2.76. The van der Waals surface area contributed by atoms with E-state index in [0.717, 1.165) is 19.4 Å². The van der Waals surface area contributed by atoms with Crippen molar-refractivity contribution in [3.63, 3.8) is 0 Å². The number of likely N-dealkylation sites (tertiary alicyclic amines) is 1. The predicted molar refractivity (Wildman–Crippen MR) is 43.6 cm³/mol. The van der Waals surface area contributed by atoms with E-state index in [4.69, 9.17) is 5.14 Å². The quantitative estimate of drug-likeness (QED) is 0.612. The molecular weight excluding hydrogens is 164 g/mol. The van der Waals surface area contributed by atoms with Crippen LogP contribution in [0.25, 0.3) is 0 Å². The van der Waals surface area contributed by atoms with Crippen LogP contribution in [0.15, 0.2) is 0 Å². The van der Waals surface area contributed by atoms with Crippen LogP contribution in [-0.4, -0.2) is 38.7 Å². The minimum Gasteiger partial charge on any atom is -0.302 e. The smallest absolute Gasteiger partial charge is 0.210 e. The van der Waals surface area contributed by atoms with Gasteiger partial charge >= 0.3 is 0 Å². The van der Waals surface area contributed by atoms with Crippen molar-refractivity contribution < 1.29 is 8.42 Å². The Labute approximate surface area is 67.4 Å². The highest BCUT2D eigenvalue weighted by Crippen LogP contribution is 2.15. The number of sulfonamides is 1. The molecule has 0 aromatic heterocycles. The third-order valence-corrected chi connectivity index (χ3v) is 2.95. The van der Waals surface area contributed by atoms with Crippen molar-refractivity contribution in [3.8, 4) is 0 Å². The van der Waals surface area contributed by atoms with Crippen molar-refractivity contribution in [2.24, 2.45) is 5.14 Å². The minimum absolute atomic E-state index is 0.101. The van der Waals surface area contributed by atoms with Crippen molar-refractivity contribution >= 4 is 10.0 Å². The molecule has 1 fully saturated rings. The molecule has 1 saturated heterocycles. The summed E-state index contributed by atoms with van der Waals surface area (Å²) in [6, 6.07) is 0.144. The first-order valence-electron chi connectivity index (χ1n) is 3.70. The van der Waals surface area contributed by atoms with Crippen molar-refractivity contribution in [1.29, 1.82) is 0 Å². The van der Waals surface area contributed by atoms with E-state index in [1.54, 1.807) is 0 Å². The number of hydrogen-bond acceptors (Lipinski definition) is 3. The summed E-state index contributed by atoms with van der Waals surface area (Å²) in [5, 5.41) is 4.92. The van der Waals surface area contributed by atoms with E-state index in [1.807, 2.05) is 11.9 Å². The van der Waals surface area contributed by atoms with Gasteiger partial charge in [-0.1, -0.05) is 0 Å². The highest BCUT2D eigenvalue weighted by molar-refractivity contribution is 7.89. The van der Waals surface area contributed by atoms with Gasteiger partial charge < -0.3 is 4.90 Å². The second-order valence-electron chi connectivity index (χ2n) is 3.11. The molecule has 11 heavy (non-hydrogen) atoms. The molecule has 4 nitrogen and oxygen atoms in total. The molecule has 1 aliphatic heterocycles. The van der Waals surface area contributed by atoms with Gasteiger partial charge in [-0.05, 0) is 26.4 Å². The Morgan fingerprint density at radius 1 is 1.64 bits per heavy atom. The molecule has 2 N–H and O–H groups in total. The second kappa shape index (κ2) is 3.08. The predicted octanol–water partition coefficient (Wildman–Crippen LogP) is -0.631. The number of nitrogens with zero attached hydrogens (tertiary/aromatic N) is 1. The normalized spacial score (nSPS) is 27.6. The van der Waals surface area contributed by atoms with Gasteiger partial charge in [-0.3, -0.25) is 0 Å². The highest BCUT2D eigenvalue weighted by atomic mass is 32.2. The summed E-state index contributed by atoms with van der Waals surface area (Å²) in [4.78, 5) is 2.05. The lowest BCUT2D eigenvalue weighted by Crippen LogP contribution is -2.34. The Morgan fingerprint density at radius 3 is 2.64 bits per heavy atom. The van der Waals surface area contributed by atoms with E-state index in [1.165, 1.54) is 0 Å². The summed E-state index contributed by atoms with van der Waals surface area (Å²) in [6.07, 6.45) is 2.03. The monoisotopic (exact) mass is 178 g/mol. The van der Waals surface area contributed by atoms with Crippen LogP contribution in [0.5, 0.6) is 0 Å². The van der Waals surface area contributed by atoms with E-state index < -0.39 is 10.0 Å². The van der Waals surface area contributed by atoms with Crippen LogP contribution in [0.1, 0.15) is 12.8 Å². The first-order chi connectivity index (χ1) is 4.99. The summed E-state index contributed by atoms with van der Waals surface area (Å²) in [5.41, 5.74) is 0. The number of nitrogens with two attached hydrogens (primary N) is 1. The number of rotatable bonds is 2. The maximum absolute atomic E-state index is 10.7. The zero-order valence-corrected chi connectivity index (χ0v) is 7.47. The Kier molecular flexibility index (Phi) is 2.51. The van der Waals surface area contributed by atoms with Crippen molar-refractivity contribution in [1.82, 2.24) is 4.90 Å². The Balaban J connectivity index is 2.50. The average Bonchev–Trinajstić information content (AvgIpc) is 2.12. The lowest BCUT2D eigenvalue weighted by molar-refractivity contribution is 0.331. The van der Waals surface area contributed by atoms with Crippen LogP contribution in [-0.2, 0) is 10.0 Å². The maximum Gasteiger partial charge on any atom is 0.210 e. The number of primary sulfonamides is 1. The van der Waals surface area contributed by atoms with E-state index in [0.29, 0.717) is 0 Å². The van der Waals surface area contributed by atoms with Crippen molar-refractivity contribution in [2.75, 3.05) is 19.3 Å². The molecule has 0 radical (unpaired) electrons. The molecule has 0 spiro atoms. The van der Waals surface area contributed by atoms with E-state index in [2.05, 4.69) is 0 Å². The van der Waals surface area contributed by atoms with Gasteiger partial charge in [-0.15, -0.1) is 0 Å². The van der Waals surface area contributed by atoms with Crippen LogP contribution in [0, 0.1) is 0 Å². The van der Waals surface area contributed by atoms with Crippen molar-refractivity contribution in [3.05, 3.63) is 0 Å². The molecule has 0 amide bonds. The van der Waals surface area contributed by atoms with Crippen LogP contribution < -0.4 is 5.14 Å². The van der Waals surface area contributed by atoms with Gasteiger partial charge in [0.25, 0.3) is 0 Å². The topological polar surface area (TPSA) is 63.4 Å². The molecule has 66 valence electrons. The third-order valence-electron chi connectivity index (χ3n) is 2.10. The lowest BCUT2D eigenvalue weighted by Gasteiger charge is -2.17. The van der Waals surface area contributed by atoms with Gasteiger partial charge in [-0.2, -0.15) is 0 Å². The van der Waals surface area contributed by atoms with Crippen molar-refractivity contribution in [2.45, 2.75) is 18.9 Å². The van der Waals surface area contributed by atoms with Gasteiger partial charge in [0.05, 0.1) is 5.75 Å². The zero-order chi connectivity index (χ0) is 8.48. The van der Waals surface area contributed by atoms with Gasteiger partial charge in [0.1, 0.15) is 0 Å². The van der Waals surface area contributed by atoms with E-state index >= 15 is 0 Å². The molecule has 0 bridgehead atoms. The summed E-state index contributed by atoms with van der Waals surface area (Å²) in [7, 11) is -1.35. The van der Waals surface area contributed by atoms with Gasteiger partial charge in [-0.25, -0.2) is 13.6 Å². The highest BCUT2D eigenvalue weighted by Gasteiger charge is 2.24. The first kappa shape index (κ1) is 8.96. The van der Waals surface area contributed by atoms with Crippen LogP contribution in [0.2, 0.25) is 0 Å². The van der Waals surface area contributed by atoms with Crippen LogP contribution in [0.4, 0.5) is 0 Å². The second-order valence-corrected chi connectivity index (χ2v) is 4.77. The molecule has 0 aromatic rings. The van der Waals surface area contributed by atoms with E-state index in [-0.39, 0.29) is 11.8 Å². The van der Waals surface area contributed by atoms with Gasteiger partial charge in [0, 0.05) is 6.04 Å². The molecule has 0 saturated carbocycles.